The molecule has 0 aromatic rings. The normalized spacial score (nSPS) is 12.5. The van der Waals surface area contributed by atoms with Gasteiger partial charge in [-0.1, -0.05) is 328 Å². The van der Waals surface area contributed by atoms with E-state index in [1.54, 1.807) is 0 Å². The summed E-state index contributed by atoms with van der Waals surface area (Å²) in [6.45, 7) is 4.96. The van der Waals surface area contributed by atoms with E-state index in [9.17, 15) is 19.8 Å². The second kappa shape index (κ2) is 63.1. The Hall–Kier alpha value is -1.40. The number of amides is 1. The van der Waals surface area contributed by atoms with Crippen LogP contribution in [0, 0.1) is 0 Å². The van der Waals surface area contributed by atoms with Crippen LogP contribution >= 0.6 is 0 Å². The van der Waals surface area contributed by atoms with Crippen LogP contribution in [0.4, 0.5) is 0 Å². The third-order valence-corrected chi connectivity index (χ3v) is 15.8. The van der Waals surface area contributed by atoms with Crippen molar-refractivity contribution in [2.45, 2.75) is 392 Å². The number of allylic oxidation sites excluding steroid dienone is 2. The third kappa shape index (κ3) is 59.7. The molecule has 0 aliphatic rings. The van der Waals surface area contributed by atoms with Gasteiger partial charge in [-0.25, -0.2) is 0 Å². The Labute approximate surface area is 457 Å². The SMILES string of the molecule is CCCCCC/C=C\CCCCCCCC(=O)OCCCCCCCCCCCCCCCCCCCCC(=O)NC(CO)C(O)CCCCCCCCCCCCCCCCCCCCCCCCCCC. The molecule has 434 valence electrons. The van der Waals surface area contributed by atoms with E-state index < -0.39 is 12.1 Å². The first-order chi connectivity index (χ1) is 36.0. The van der Waals surface area contributed by atoms with Crippen molar-refractivity contribution < 1.29 is 24.5 Å². The smallest absolute Gasteiger partial charge is 0.305 e. The number of nitrogens with one attached hydrogen (secondary N) is 1. The minimum atomic E-state index is -0.668. The maximum Gasteiger partial charge on any atom is 0.305 e. The van der Waals surface area contributed by atoms with Gasteiger partial charge < -0.3 is 20.3 Å². The van der Waals surface area contributed by atoms with Gasteiger partial charge in [0.15, 0.2) is 0 Å². The van der Waals surface area contributed by atoms with Crippen LogP contribution in [-0.2, 0) is 14.3 Å². The summed E-state index contributed by atoms with van der Waals surface area (Å²) in [7, 11) is 0. The van der Waals surface area contributed by atoms with Crippen molar-refractivity contribution in [2.24, 2.45) is 0 Å². The molecule has 0 aliphatic heterocycles. The highest BCUT2D eigenvalue weighted by Gasteiger charge is 2.20. The Kier molecular flexibility index (Phi) is 61.9. The number of unbranched alkanes of at least 4 members (excludes halogenated alkanes) is 50. The lowest BCUT2D eigenvalue weighted by Crippen LogP contribution is -2.45. The number of rotatable bonds is 63. The summed E-state index contributed by atoms with van der Waals surface area (Å²) in [4.78, 5) is 24.6. The van der Waals surface area contributed by atoms with Gasteiger partial charge in [-0.05, 0) is 51.4 Å². The predicted octanol–water partition coefficient (Wildman–Crippen LogP) is 21.2. The monoisotopic (exact) mass is 1030 g/mol. The molecule has 3 N–H and O–H groups in total. The van der Waals surface area contributed by atoms with Crippen molar-refractivity contribution in [3.63, 3.8) is 0 Å². The van der Waals surface area contributed by atoms with Gasteiger partial charge in [-0.2, -0.15) is 0 Å². The summed E-state index contributed by atoms with van der Waals surface area (Å²) < 4.78 is 5.47. The van der Waals surface area contributed by atoms with Gasteiger partial charge in [-0.15, -0.1) is 0 Å². The van der Waals surface area contributed by atoms with E-state index in [1.807, 2.05) is 0 Å². The molecule has 0 saturated carbocycles. The highest BCUT2D eigenvalue weighted by molar-refractivity contribution is 5.76. The molecule has 6 heteroatoms. The number of hydrogen-bond acceptors (Lipinski definition) is 5. The zero-order chi connectivity index (χ0) is 52.9. The van der Waals surface area contributed by atoms with E-state index in [2.05, 4.69) is 31.3 Å². The molecular weight excluding hydrogens is 899 g/mol. The topological polar surface area (TPSA) is 95.9 Å². The first-order valence-electron chi connectivity index (χ1n) is 33.4. The van der Waals surface area contributed by atoms with Gasteiger partial charge in [0.1, 0.15) is 0 Å². The van der Waals surface area contributed by atoms with Crippen LogP contribution in [0.15, 0.2) is 12.2 Å². The Morgan fingerprint density at radius 1 is 0.370 bits per heavy atom. The molecule has 0 fully saturated rings. The quantitative estimate of drug-likeness (QED) is 0.0320. The molecule has 2 unspecified atom stereocenters. The molecule has 0 saturated heterocycles. The fourth-order valence-corrected chi connectivity index (χ4v) is 10.7. The molecule has 0 spiro atoms. The zero-order valence-corrected chi connectivity index (χ0v) is 49.6. The number of carbonyl (C=O) groups excluding carboxylic acids is 2. The largest absolute Gasteiger partial charge is 0.466 e. The summed E-state index contributed by atoms with van der Waals surface area (Å²) in [5, 5.41) is 23.4. The number of ether oxygens (including phenoxy) is 1. The van der Waals surface area contributed by atoms with Crippen molar-refractivity contribution >= 4 is 11.9 Å². The maximum absolute atomic E-state index is 12.5. The summed E-state index contributed by atoms with van der Waals surface area (Å²) in [5.74, 6) is -0.0348. The Morgan fingerprint density at radius 3 is 0.986 bits per heavy atom. The summed E-state index contributed by atoms with van der Waals surface area (Å²) >= 11 is 0. The molecule has 1 amide bonds. The van der Waals surface area contributed by atoms with Gasteiger partial charge in [0.05, 0.1) is 25.4 Å². The third-order valence-electron chi connectivity index (χ3n) is 15.8. The average molecular weight is 1030 g/mol. The van der Waals surface area contributed by atoms with Gasteiger partial charge in [0.2, 0.25) is 5.91 Å². The number of esters is 1. The lowest BCUT2D eigenvalue weighted by atomic mass is 10.0. The van der Waals surface area contributed by atoms with E-state index in [-0.39, 0.29) is 18.5 Å². The molecular formula is C67H131NO5. The lowest BCUT2D eigenvalue weighted by molar-refractivity contribution is -0.143. The second-order valence-electron chi connectivity index (χ2n) is 23.2. The van der Waals surface area contributed by atoms with Crippen LogP contribution in [0.25, 0.3) is 0 Å². The highest BCUT2D eigenvalue weighted by atomic mass is 16.5. The van der Waals surface area contributed by atoms with Crippen LogP contribution in [0.3, 0.4) is 0 Å². The number of aliphatic hydroxyl groups is 2. The molecule has 73 heavy (non-hydrogen) atoms. The van der Waals surface area contributed by atoms with E-state index in [0.29, 0.717) is 25.9 Å². The Bertz CT molecular complexity index is 1100. The van der Waals surface area contributed by atoms with Gasteiger partial charge in [0.25, 0.3) is 0 Å². The van der Waals surface area contributed by atoms with Gasteiger partial charge in [0, 0.05) is 12.8 Å². The van der Waals surface area contributed by atoms with Crippen LogP contribution in [0.2, 0.25) is 0 Å². The van der Waals surface area contributed by atoms with Crippen LogP contribution in [0.5, 0.6) is 0 Å². The van der Waals surface area contributed by atoms with Crippen LogP contribution in [0.1, 0.15) is 380 Å². The zero-order valence-electron chi connectivity index (χ0n) is 49.6. The van der Waals surface area contributed by atoms with Crippen molar-refractivity contribution in [3.05, 3.63) is 12.2 Å². The van der Waals surface area contributed by atoms with Crippen molar-refractivity contribution in [1.29, 1.82) is 0 Å². The first-order valence-corrected chi connectivity index (χ1v) is 33.4. The van der Waals surface area contributed by atoms with Crippen molar-refractivity contribution in [2.75, 3.05) is 13.2 Å². The summed E-state index contributed by atoms with van der Waals surface area (Å²) in [6.07, 6.45) is 76.6. The number of aliphatic hydroxyl groups excluding tert-OH is 2. The molecule has 0 aromatic heterocycles. The molecule has 6 nitrogen and oxygen atoms in total. The van der Waals surface area contributed by atoms with Gasteiger partial charge >= 0.3 is 5.97 Å². The number of hydrogen-bond donors (Lipinski definition) is 3. The summed E-state index contributed by atoms with van der Waals surface area (Å²) in [5.41, 5.74) is 0. The molecule has 2 atom stereocenters. The van der Waals surface area contributed by atoms with Crippen molar-refractivity contribution in [3.8, 4) is 0 Å². The minimum absolute atomic E-state index is 0.000645. The molecule has 0 bridgehead atoms. The van der Waals surface area contributed by atoms with Crippen LogP contribution < -0.4 is 5.32 Å². The molecule has 0 rings (SSSR count). The second-order valence-corrected chi connectivity index (χ2v) is 23.2. The van der Waals surface area contributed by atoms with E-state index in [1.165, 1.54) is 302 Å². The first kappa shape index (κ1) is 71.6. The Morgan fingerprint density at radius 2 is 0.644 bits per heavy atom. The molecule has 0 heterocycles. The lowest BCUT2D eigenvalue weighted by Gasteiger charge is -2.22. The predicted molar refractivity (Wildman–Crippen MR) is 320 cm³/mol. The molecule has 0 radical (unpaired) electrons. The maximum atomic E-state index is 12.5. The van der Waals surface area contributed by atoms with E-state index in [4.69, 9.17) is 4.74 Å². The average Bonchev–Trinajstić information content (AvgIpc) is 3.39. The summed E-state index contributed by atoms with van der Waals surface area (Å²) in [6, 6.07) is -0.546. The molecule has 0 aromatic carbocycles. The Balaban J connectivity index is 3.40. The standard InChI is InChI=1S/C67H131NO5/c1-3-5-7-9-11-13-15-17-18-19-20-21-22-23-24-25-26-29-32-36-39-43-47-51-55-59-65(70)64(63-69)68-66(71)60-56-52-48-44-40-37-33-30-27-28-31-34-38-42-46-50-54-58-62-73-67(72)61-57-53-49-45-41-35-16-14-12-10-8-6-4-2/h14,16,64-65,69-70H,3-13,15,17-63H2,1-2H3,(H,68,71)/b16-14-. The van der Waals surface area contributed by atoms with E-state index in [0.717, 1.165) is 44.9 Å². The van der Waals surface area contributed by atoms with Crippen LogP contribution in [-0.4, -0.2) is 47.4 Å². The van der Waals surface area contributed by atoms with Gasteiger partial charge in [-0.3, -0.25) is 9.59 Å². The highest BCUT2D eigenvalue weighted by Crippen LogP contribution is 2.19. The fraction of sp³-hybridized carbons (Fsp3) is 0.940. The number of carbonyl (C=O) groups is 2. The van der Waals surface area contributed by atoms with E-state index >= 15 is 0 Å². The van der Waals surface area contributed by atoms with Crippen molar-refractivity contribution in [1.82, 2.24) is 5.32 Å². The minimum Gasteiger partial charge on any atom is -0.466 e. The fourth-order valence-electron chi connectivity index (χ4n) is 10.7. The molecule has 0 aliphatic carbocycles.